The first kappa shape index (κ1) is 13.8. The first-order valence-corrected chi connectivity index (χ1v) is 6.61. The lowest BCUT2D eigenvalue weighted by Crippen LogP contribution is -2.14. The molecule has 5 heteroatoms. The van der Waals surface area contributed by atoms with Crippen LogP contribution >= 0.6 is 22.6 Å². The van der Waals surface area contributed by atoms with Crippen molar-refractivity contribution in [3.05, 3.63) is 56.9 Å². The first-order chi connectivity index (χ1) is 8.97. The summed E-state index contributed by atoms with van der Waals surface area (Å²) in [6, 6.07) is 8.69. The Bertz CT molecular complexity index is 643. The number of aryl methyl sites for hydroxylation is 1. The Hall–Kier alpha value is -1.63. The van der Waals surface area contributed by atoms with E-state index in [0.29, 0.717) is 20.4 Å². The fourth-order valence-corrected chi connectivity index (χ4v) is 2.30. The molecule has 19 heavy (non-hydrogen) atoms. The van der Waals surface area contributed by atoms with Crippen molar-refractivity contribution in [2.45, 2.75) is 6.92 Å². The van der Waals surface area contributed by atoms with E-state index in [1.165, 1.54) is 30.3 Å². The molecule has 0 bridgehead atoms. The van der Waals surface area contributed by atoms with Crippen molar-refractivity contribution in [3.63, 3.8) is 0 Å². The summed E-state index contributed by atoms with van der Waals surface area (Å²) in [7, 11) is 0. The van der Waals surface area contributed by atoms with Crippen molar-refractivity contribution >= 4 is 34.2 Å². The topological polar surface area (TPSA) is 49.3 Å². The molecule has 2 rings (SSSR count). The number of benzene rings is 2. The molecule has 98 valence electrons. The molecule has 0 heterocycles. The summed E-state index contributed by atoms with van der Waals surface area (Å²) in [6.07, 6.45) is 0. The second kappa shape index (κ2) is 5.56. The Morgan fingerprint density at radius 3 is 2.63 bits per heavy atom. The Balaban J connectivity index is 2.25. The highest BCUT2D eigenvalue weighted by atomic mass is 127. The van der Waals surface area contributed by atoms with Crippen molar-refractivity contribution in [1.82, 2.24) is 0 Å². The van der Waals surface area contributed by atoms with Gasteiger partial charge in [-0.05, 0) is 71.5 Å². The SMILES string of the molecule is Cc1cc(O)ccc1C(=O)Nc1ccc(F)cc1I. The minimum atomic E-state index is -0.344. The van der Waals surface area contributed by atoms with E-state index in [2.05, 4.69) is 5.32 Å². The molecule has 0 saturated carbocycles. The zero-order valence-electron chi connectivity index (χ0n) is 10.1. The fourth-order valence-electron chi connectivity index (χ4n) is 1.68. The van der Waals surface area contributed by atoms with Gasteiger partial charge >= 0.3 is 0 Å². The van der Waals surface area contributed by atoms with Gasteiger partial charge < -0.3 is 10.4 Å². The van der Waals surface area contributed by atoms with Crippen molar-refractivity contribution in [2.24, 2.45) is 0 Å². The number of aromatic hydroxyl groups is 1. The Kier molecular flexibility index (Phi) is 4.04. The maximum atomic E-state index is 13.0. The van der Waals surface area contributed by atoms with Crippen LogP contribution in [0.1, 0.15) is 15.9 Å². The van der Waals surface area contributed by atoms with Gasteiger partial charge in [-0.25, -0.2) is 4.39 Å². The third-order valence-electron chi connectivity index (χ3n) is 2.63. The molecule has 0 unspecified atom stereocenters. The second-order valence-corrected chi connectivity index (χ2v) is 5.24. The predicted molar refractivity (Wildman–Crippen MR) is 79.9 cm³/mol. The maximum Gasteiger partial charge on any atom is 0.255 e. The van der Waals surface area contributed by atoms with Crippen molar-refractivity contribution in [2.75, 3.05) is 5.32 Å². The number of anilines is 1. The maximum absolute atomic E-state index is 13.0. The number of rotatable bonds is 2. The van der Waals surface area contributed by atoms with E-state index in [1.54, 1.807) is 13.0 Å². The van der Waals surface area contributed by atoms with E-state index < -0.39 is 0 Å². The highest BCUT2D eigenvalue weighted by Gasteiger charge is 2.11. The molecule has 0 radical (unpaired) electrons. The van der Waals surface area contributed by atoms with Crippen LogP contribution in [0.2, 0.25) is 0 Å². The van der Waals surface area contributed by atoms with Crippen LogP contribution in [0.3, 0.4) is 0 Å². The van der Waals surface area contributed by atoms with Gasteiger partial charge in [0.1, 0.15) is 11.6 Å². The fraction of sp³-hybridized carbons (Fsp3) is 0.0714. The average Bonchev–Trinajstić information content (AvgIpc) is 2.32. The van der Waals surface area contributed by atoms with E-state index >= 15 is 0 Å². The van der Waals surface area contributed by atoms with Gasteiger partial charge in [0.25, 0.3) is 5.91 Å². The molecule has 1 amide bonds. The second-order valence-electron chi connectivity index (χ2n) is 4.08. The summed E-state index contributed by atoms with van der Waals surface area (Å²) in [5.41, 5.74) is 1.70. The Morgan fingerprint density at radius 2 is 2.00 bits per heavy atom. The lowest BCUT2D eigenvalue weighted by molar-refractivity contribution is 0.102. The number of hydrogen-bond acceptors (Lipinski definition) is 2. The predicted octanol–water partition coefficient (Wildman–Crippen LogP) is 3.70. The van der Waals surface area contributed by atoms with Crippen LogP contribution in [-0.4, -0.2) is 11.0 Å². The summed E-state index contributed by atoms with van der Waals surface area (Å²) in [5.74, 6) is -0.518. The van der Waals surface area contributed by atoms with Crippen LogP contribution in [0.5, 0.6) is 5.75 Å². The van der Waals surface area contributed by atoms with Gasteiger partial charge in [-0.2, -0.15) is 0 Å². The molecular weight excluding hydrogens is 360 g/mol. The number of carbonyl (C=O) groups excluding carboxylic acids is 1. The van der Waals surface area contributed by atoms with E-state index in [0.717, 1.165) is 0 Å². The van der Waals surface area contributed by atoms with Gasteiger partial charge in [0.15, 0.2) is 0 Å². The van der Waals surface area contributed by atoms with Gasteiger partial charge in [0.2, 0.25) is 0 Å². The van der Waals surface area contributed by atoms with Gasteiger partial charge in [-0.3, -0.25) is 4.79 Å². The quantitative estimate of drug-likeness (QED) is 0.792. The summed E-state index contributed by atoms with van der Waals surface area (Å²) < 4.78 is 13.6. The van der Waals surface area contributed by atoms with Crippen LogP contribution in [-0.2, 0) is 0 Å². The van der Waals surface area contributed by atoms with E-state index in [-0.39, 0.29) is 17.5 Å². The van der Waals surface area contributed by atoms with Gasteiger partial charge in [0, 0.05) is 9.13 Å². The minimum Gasteiger partial charge on any atom is -0.508 e. The highest BCUT2D eigenvalue weighted by Crippen LogP contribution is 2.21. The lowest BCUT2D eigenvalue weighted by Gasteiger charge is -2.09. The molecule has 2 aromatic carbocycles. The number of amides is 1. The molecule has 3 nitrogen and oxygen atoms in total. The monoisotopic (exact) mass is 371 g/mol. The van der Waals surface area contributed by atoms with E-state index in [4.69, 9.17) is 0 Å². The number of hydrogen-bond donors (Lipinski definition) is 2. The standard InChI is InChI=1S/C14H11FINO2/c1-8-6-10(18)3-4-11(8)14(19)17-13-5-2-9(15)7-12(13)16/h2-7,18H,1H3,(H,17,19). The Labute approximate surface area is 123 Å². The lowest BCUT2D eigenvalue weighted by atomic mass is 10.1. The normalized spacial score (nSPS) is 10.3. The number of nitrogens with one attached hydrogen (secondary N) is 1. The van der Waals surface area contributed by atoms with E-state index in [9.17, 15) is 14.3 Å². The van der Waals surface area contributed by atoms with Crippen LogP contribution in [0, 0.1) is 16.3 Å². The molecular formula is C14H11FINO2. The van der Waals surface area contributed by atoms with Gasteiger partial charge in [-0.1, -0.05) is 0 Å². The number of phenolic OH excluding ortho intramolecular Hbond substituents is 1. The van der Waals surface area contributed by atoms with Crippen LogP contribution < -0.4 is 5.32 Å². The zero-order chi connectivity index (χ0) is 14.0. The molecule has 2 N–H and O–H groups in total. The zero-order valence-corrected chi connectivity index (χ0v) is 12.2. The first-order valence-electron chi connectivity index (χ1n) is 5.53. The van der Waals surface area contributed by atoms with Crippen molar-refractivity contribution < 1.29 is 14.3 Å². The van der Waals surface area contributed by atoms with Crippen LogP contribution in [0.15, 0.2) is 36.4 Å². The summed E-state index contributed by atoms with van der Waals surface area (Å²) in [4.78, 5) is 12.1. The van der Waals surface area contributed by atoms with Crippen molar-refractivity contribution in [3.8, 4) is 5.75 Å². The molecule has 0 atom stereocenters. The van der Waals surface area contributed by atoms with Crippen molar-refractivity contribution in [1.29, 1.82) is 0 Å². The van der Waals surface area contributed by atoms with Gasteiger partial charge in [0.05, 0.1) is 5.69 Å². The average molecular weight is 371 g/mol. The molecule has 0 aliphatic carbocycles. The summed E-state index contributed by atoms with van der Waals surface area (Å²) >= 11 is 1.96. The molecule has 0 spiro atoms. The molecule has 0 aliphatic heterocycles. The third-order valence-corrected chi connectivity index (χ3v) is 3.53. The number of phenols is 1. The molecule has 0 saturated heterocycles. The van der Waals surface area contributed by atoms with E-state index in [1.807, 2.05) is 22.6 Å². The Morgan fingerprint density at radius 1 is 1.26 bits per heavy atom. The number of carbonyl (C=O) groups is 1. The molecule has 0 fully saturated rings. The minimum absolute atomic E-state index is 0.116. The van der Waals surface area contributed by atoms with Crippen LogP contribution in [0.4, 0.5) is 10.1 Å². The molecule has 2 aromatic rings. The highest BCUT2D eigenvalue weighted by molar-refractivity contribution is 14.1. The smallest absolute Gasteiger partial charge is 0.255 e. The molecule has 0 aromatic heterocycles. The number of halogens is 2. The largest absolute Gasteiger partial charge is 0.508 e. The summed E-state index contributed by atoms with van der Waals surface area (Å²) in [6.45, 7) is 1.74. The third kappa shape index (κ3) is 3.23. The van der Waals surface area contributed by atoms with Gasteiger partial charge in [-0.15, -0.1) is 0 Å². The summed E-state index contributed by atoms with van der Waals surface area (Å²) in [5, 5.41) is 12.0. The van der Waals surface area contributed by atoms with Crippen LogP contribution in [0.25, 0.3) is 0 Å². The molecule has 0 aliphatic rings.